The number of fused-ring (bicyclic) bond motifs is 1. The molecule has 1 N–H and O–H groups in total. The van der Waals surface area contributed by atoms with Crippen LogP contribution in [0, 0.1) is 5.92 Å². The maximum absolute atomic E-state index is 13.2. The molecule has 31 heavy (non-hydrogen) atoms. The topological polar surface area (TPSA) is 67.9 Å². The van der Waals surface area contributed by atoms with Gasteiger partial charge in [-0.3, -0.25) is 9.59 Å². The highest BCUT2D eigenvalue weighted by Gasteiger charge is 2.26. The predicted molar refractivity (Wildman–Crippen MR) is 120 cm³/mol. The van der Waals surface area contributed by atoms with E-state index in [1.54, 1.807) is 11.8 Å². The number of hydrogen-bond acceptors (Lipinski definition) is 4. The zero-order valence-electron chi connectivity index (χ0n) is 18.6. The van der Waals surface area contributed by atoms with Gasteiger partial charge in [-0.05, 0) is 42.5 Å². The second kappa shape index (κ2) is 10.8. The molecule has 166 valence electrons. The van der Waals surface area contributed by atoms with Crippen molar-refractivity contribution in [2.45, 2.75) is 46.2 Å². The van der Waals surface area contributed by atoms with Gasteiger partial charge in [0.25, 0.3) is 0 Å². The first kappa shape index (κ1) is 22.7. The van der Waals surface area contributed by atoms with Gasteiger partial charge in [0.1, 0.15) is 19.3 Å². The molecule has 2 aromatic carbocycles. The molecule has 0 radical (unpaired) electrons. The highest BCUT2D eigenvalue weighted by atomic mass is 16.6. The van der Waals surface area contributed by atoms with Gasteiger partial charge < -0.3 is 19.7 Å². The Labute approximate surface area is 184 Å². The van der Waals surface area contributed by atoms with Gasteiger partial charge in [-0.15, -0.1) is 0 Å². The fourth-order valence-corrected chi connectivity index (χ4v) is 3.45. The van der Waals surface area contributed by atoms with Crippen molar-refractivity contribution in [1.82, 2.24) is 10.2 Å². The van der Waals surface area contributed by atoms with Crippen LogP contribution in [-0.2, 0) is 22.6 Å². The van der Waals surface area contributed by atoms with Gasteiger partial charge in [-0.1, -0.05) is 50.2 Å². The summed E-state index contributed by atoms with van der Waals surface area (Å²) in [5.41, 5.74) is 2.01. The summed E-state index contributed by atoms with van der Waals surface area (Å²) in [6.45, 7) is 7.96. The Bertz CT molecular complexity index is 882. The first-order chi connectivity index (χ1) is 14.9. The van der Waals surface area contributed by atoms with Crippen LogP contribution in [0.5, 0.6) is 11.5 Å². The second-order valence-electron chi connectivity index (χ2n) is 8.30. The number of nitrogens with one attached hydrogen (secondary N) is 1. The van der Waals surface area contributed by atoms with Crippen LogP contribution >= 0.6 is 0 Å². The Balaban J connectivity index is 1.68. The van der Waals surface area contributed by atoms with E-state index >= 15 is 0 Å². The van der Waals surface area contributed by atoms with Crippen molar-refractivity contribution in [2.75, 3.05) is 19.8 Å². The van der Waals surface area contributed by atoms with E-state index in [0.717, 1.165) is 22.6 Å². The van der Waals surface area contributed by atoms with Crippen molar-refractivity contribution < 1.29 is 19.1 Å². The van der Waals surface area contributed by atoms with E-state index in [-0.39, 0.29) is 11.8 Å². The van der Waals surface area contributed by atoms with Gasteiger partial charge in [-0.25, -0.2) is 0 Å². The van der Waals surface area contributed by atoms with E-state index < -0.39 is 6.04 Å². The van der Waals surface area contributed by atoms with E-state index in [0.29, 0.717) is 45.1 Å². The van der Waals surface area contributed by atoms with Crippen LogP contribution in [0.2, 0.25) is 0 Å². The highest BCUT2D eigenvalue weighted by molar-refractivity contribution is 5.87. The number of aryl methyl sites for hydroxylation is 1. The molecule has 2 amide bonds. The van der Waals surface area contributed by atoms with Gasteiger partial charge in [0.15, 0.2) is 11.5 Å². The van der Waals surface area contributed by atoms with Gasteiger partial charge in [0, 0.05) is 19.5 Å². The molecule has 1 aliphatic heterocycles. The molecular formula is C25H32N2O4. The molecule has 6 heteroatoms. The Morgan fingerprint density at radius 3 is 2.39 bits per heavy atom. The van der Waals surface area contributed by atoms with Crippen LogP contribution in [0.4, 0.5) is 0 Å². The Kier molecular flexibility index (Phi) is 7.93. The fourth-order valence-electron chi connectivity index (χ4n) is 3.45. The van der Waals surface area contributed by atoms with Crippen LogP contribution in [0.1, 0.15) is 38.3 Å². The zero-order valence-corrected chi connectivity index (χ0v) is 18.6. The average molecular weight is 425 g/mol. The summed E-state index contributed by atoms with van der Waals surface area (Å²) in [7, 11) is 0. The molecule has 3 rings (SSSR count). The molecule has 2 aromatic rings. The lowest BCUT2D eigenvalue weighted by Crippen LogP contribution is -2.48. The number of amides is 2. The summed E-state index contributed by atoms with van der Waals surface area (Å²) >= 11 is 0. The largest absolute Gasteiger partial charge is 0.486 e. The molecule has 0 saturated carbocycles. The average Bonchev–Trinajstić information content (AvgIpc) is 2.79. The summed E-state index contributed by atoms with van der Waals surface area (Å²) in [5, 5.41) is 2.95. The number of benzene rings is 2. The Morgan fingerprint density at radius 1 is 0.968 bits per heavy atom. The SMILES string of the molecule is CC(C)CNC(=O)C(C)N(Cc1ccccc1)C(=O)CCc1ccc2c(c1)OCCO2. The third kappa shape index (κ3) is 6.48. The van der Waals surface area contributed by atoms with Crippen molar-refractivity contribution in [2.24, 2.45) is 5.92 Å². The Morgan fingerprint density at radius 2 is 1.68 bits per heavy atom. The van der Waals surface area contributed by atoms with Gasteiger partial charge in [0.05, 0.1) is 0 Å². The molecule has 0 saturated heterocycles. The van der Waals surface area contributed by atoms with Crippen molar-refractivity contribution in [3.05, 3.63) is 59.7 Å². The van der Waals surface area contributed by atoms with E-state index in [2.05, 4.69) is 5.32 Å². The maximum atomic E-state index is 13.2. The number of carbonyl (C=O) groups is 2. The second-order valence-corrected chi connectivity index (χ2v) is 8.30. The van der Waals surface area contributed by atoms with Gasteiger partial charge in [-0.2, -0.15) is 0 Å². The molecule has 1 aliphatic rings. The van der Waals surface area contributed by atoms with Gasteiger partial charge >= 0.3 is 0 Å². The zero-order chi connectivity index (χ0) is 22.2. The normalized spacial score (nSPS) is 13.5. The van der Waals surface area contributed by atoms with Crippen LogP contribution in [-0.4, -0.2) is 42.5 Å². The van der Waals surface area contributed by atoms with Gasteiger partial charge in [0.2, 0.25) is 11.8 Å². The number of carbonyl (C=O) groups excluding carboxylic acids is 2. The minimum absolute atomic E-state index is 0.0501. The van der Waals surface area contributed by atoms with Crippen molar-refractivity contribution >= 4 is 11.8 Å². The molecule has 1 atom stereocenters. The predicted octanol–water partition coefficient (Wildman–Crippen LogP) is 3.58. The quantitative estimate of drug-likeness (QED) is 0.668. The third-order valence-corrected chi connectivity index (χ3v) is 5.28. The van der Waals surface area contributed by atoms with E-state index in [1.807, 2.05) is 62.4 Å². The highest BCUT2D eigenvalue weighted by Crippen LogP contribution is 2.31. The van der Waals surface area contributed by atoms with Crippen LogP contribution < -0.4 is 14.8 Å². The van der Waals surface area contributed by atoms with Crippen LogP contribution in [0.25, 0.3) is 0 Å². The number of ether oxygens (including phenoxy) is 2. The summed E-state index contributed by atoms with van der Waals surface area (Å²) in [5.74, 6) is 1.63. The van der Waals surface area contributed by atoms with Crippen molar-refractivity contribution in [3.63, 3.8) is 0 Å². The standard InChI is InChI=1S/C25H32N2O4/c1-18(2)16-26-25(29)19(3)27(17-21-7-5-4-6-8-21)24(28)12-10-20-9-11-22-23(15-20)31-14-13-30-22/h4-9,11,15,18-19H,10,12-14,16-17H2,1-3H3,(H,26,29). The van der Waals surface area contributed by atoms with E-state index in [1.165, 1.54) is 0 Å². The molecule has 0 bridgehead atoms. The number of rotatable bonds is 9. The summed E-state index contributed by atoms with van der Waals surface area (Å²) < 4.78 is 11.2. The molecule has 1 unspecified atom stereocenters. The van der Waals surface area contributed by atoms with E-state index in [9.17, 15) is 9.59 Å². The molecule has 0 aliphatic carbocycles. The minimum Gasteiger partial charge on any atom is -0.486 e. The molecule has 6 nitrogen and oxygen atoms in total. The maximum Gasteiger partial charge on any atom is 0.242 e. The smallest absolute Gasteiger partial charge is 0.242 e. The molecular weight excluding hydrogens is 392 g/mol. The lowest BCUT2D eigenvalue weighted by molar-refractivity contribution is -0.140. The number of nitrogens with zero attached hydrogens (tertiary/aromatic N) is 1. The molecule has 0 spiro atoms. The molecule has 0 aromatic heterocycles. The first-order valence-corrected chi connectivity index (χ1v) is 10.9. The monoisotopic (exact) mass is 424 g/mol. The fraction of sp³-hybridized carbons (Fsp3) is 0.440. The van der Waals surface area contributed by atoms with Crippen molar-refractivity contribution in [3.8, 4) is 11.5 Å². The van der Waals surface area contributed by atoms with E-state index in [4.69, 9.17) is 9.47 Å². The summed E-state index contributed by atoms with van der Waals surface area (Å²) in [4.78, 5) is 27.5. The van der Waals surface area contributed by atoms with Crippen LogP contribution in [0.15, 0.2) is 48.5 Å². The lowest BCUT2D eigenvalue weighted by atomic mass is 10.1. The third-order valence-electron chi connectivity index (χ3n) is 5.28. The first-order valence-electron chi connectivity index (χ1n) is 10.9. The number of hydrogen-bond donors (Lipinski definition) is 1. The minimum atomic E-state index is -0.549. The van der Waals surface area contributed by atoms with Crippen molar-refractivity contribution in [1.29, 1.82) is 0 Å². The molecule has 1 heterocycles. The lowest BCUT2D eigenvalue weighted by Gasteiger charge is -2.29. The van der Waals surface area contributed by atoms with Crippen LogP contribution in [0.3, 0.4) is 0 Å². The summed E-state index contributed by atoms with van der Waals surface area (Å²) in [6.07, 6.45) is 0.884. The Hall–Kier alpha value is -3.02. The summed E-state index contributed by atoms with van der Waals surface area (Å²) in [6, 6.07) is 15.0. The molecule has 0 fully saturated rings.